The number of hydrogen-bond donors (Lipinski definition) is 3. The van der Waals surface area contributed by atoms with Crippen LogP contribution in [0.1, 0.15) is 41.5 Å². The molecule has 8 nitrogen and oxygen atoms in total. The summed E-state index contributed by atoms with van der Waals surface area (Å²) in [4.78, 5) is 0. The molecule has 0 saturated heterocycles. The van der Waals surface area contributed by atoms with Crippen molar-refractivity contribution < 1.29 is 38.7 Å². The summed E-state index contributed by atoms with van der Waals surface area (Å²) >= 11 is 7.21. The van der Waals surface area contributed by atoms with Crippen LogP contribution in [0.15, 0.2) is 121 Å². The maximum absolute atomic E-state index is 8.71. The Labute approximate surface area is 337 Å². The molecular formula is C44H65ClO8Si2. The van der Waals surface area contributed by atoms with Gasteiger partial charge in [-0.3, -0.25) is 0 Å². The second kappa shape index (κ2) is 26.2. The molecule has 0 aliphatic heterocycles. The van der Waals surface area contributed by atoms with Gasteiger partial charge in [0.15, 0.2) is 0 Å². The summed E-state index contributed by atoms with van der Waals surface area (Å²) < 4.78 is 27.3. The first-order valence-corrected chi connectivity index (χ1v) is 24.0. The second-order valence-electron chi connectivity index (χ2n) is 14.8. The third kappa shape index (κ3) is 15.6. The third-order valence-corrected chi connectivity index (χ3v) is 21.2. The molecule has 0 saturated carbocycles. The molecule has 0 aliphatic rings. The standard InChI is InChI=1S/C22H32O4Si.C16H19ClSi.C6H14O4/c1-22(2,3)27(20-10-6-4-7-11-20,21-12-8-5-9-13-21)26-19-18-25-17-16-24-15-14-23;1-16(2,3)18(17,14-10-6-4-7-11-14)15-12-8-5-9-13-15;7-1-3-9-5-6-10-4-2-8/h4-13,23H,14-19H2,1-3H3;4-13H,1-3H3;7-8H,1-6H2. The Balaban J connectivity index is 0.000000320. The average molecular weight is 814 g/mol. The van der Waals surface area contributed by atoms with Crippen molar-refractivity contribution >= 4 is 47.5 Å². The Morgan fingerprint density at radius 2 is 0.673 bits per heavy atom. The number of ether oxygens (including phenoxy) is 4. The summed E-state index contributed by atoms with van der Waals surface area (Å²) in [5, 5.41) is 30.4. The van der Waals surface area contributed by atoms with Crippen molar-refractivity contribution in [2.45, 2.75) is 51.6 Å². The number of halogens is 1. The molecule has 11 heteroatoms. The van der Waals surface area contributed by atoms with Crippen molar-refractivity contribution in [1.29, 1.82) is 0 Å². The van der Waals surface area contributed by atoms with Crippen LogP contribution < -0.4 is 20.7 Å². The van der Waals surface area contributed by atoms with Crippen molar-refractivity contribution in [2.75, 3.05) is 79.3 Å². The molecule has 0 aromatic heterocycles. The number of rotatable bonds is 20. The van der Waals surface area contributed by atoms with Crippen molar-refractivity contribution in [2.24, 2.45) is 0 Å². The van der Waals surface area contributed by atoms with Gasteiger partial charge < -0.3 is 38.7 Å². The van der Waals surface area contributed by atoms with E-state index in [0.717, 1.165) is 0 Å². The van der Waals surface area contributed by atoms with Gasteiger partial charge in [-0.15, -0.1) is 0 Å². The van der Waals surface area contributed by atoms with E-state index in [9.17, 15) is 0 Å². The van der Waals surface area contributed by atoms with Crippen molar-refractivity contribution in [3.63, 3.8) is 0 Å². The molecule has 0 unspecified atom stereocenters. The number of aliphatic hydroxyl groups is 3. The topological polar surface area (TPSA) is 107 Å². The van der Waals surface area contributed by atoms with E-state index in [1.807, 2.05) is 24.3 Å². The summed E-state index contributed by atoms with van der Waals surface area (Å²) in [6.45, 7) is 17.7. The summed E-state index contributed by atoms with van der Waals surface area (Å²) in [6, 6.07) is 42.3. The maximum Gasteiger partial charge on any atom is 0.261 e. The molecule has 0 amide bonds. The fourth-order valence-electron chi connectivity index (χ4n) is 6.22. The molecule has 55 heavy (non-hydrogen) atoms. The van der Waals surface area contributed by atoms with Crippen molar-refractivity contribution in [1.82, 2.24) is 0 Å². The van der Waals surface area contributed by atoms with E-state index >= 15 is 0 Å². The second-order valence-corrected chi connectivity index (χ2v) is 24.8. The van der Waals surface area contributed by atoms with Crippen molar-refractivity contribution in [3.8, 4) is 0 Å². The molecule has 4 aromatic rings. The zero-order chi connectivity index (χ0) is 40.5. The Bertz CT molecular complexity index is 1420. The third-order valence-electron chi connectivity index (χ3n) is 8.79. The quantitative estimate of drug-likeness (QED) is 0.0622. The lowest BCUT2D eigenvalue weighted by Gasteiger charge is -2.43. The summed E-state index contributed by atoms with van der Waals surface area (Å²) in [6.07, 6.45) is 0. The highest BCUT2D eigenvalue weighted by molar-refractivity contribution is 7.35. The highest BCUT2D eigenvalue weighted by atomic mass is 35.6. The van der Waals surface area contributed by atoms with Gasteiger partial charge in [-0.05, 0) is 30.8 Å². The summed E-state index contributed by atoms with van der Waals surface area (Å²) in [7, 11) is -4.71. The molecule has 0 radical (unpaired) electrons. The van der Waals surface area contributed by atoms with Crippen molar-refractivity contribution in [3.05, 3.63) is 121 Å². The normalized spacial score (nSPS) is 12.0. The fraction of sp³-hybridized carbons (Fsp3) is 0.455. The Hall–Kier alpha value is -2.72. The summed E-state index contributed by atoms with van der Waals surface area (Å²) in [5.41, 5.74) is 0. The maximum atomic E-state index is 8.71. The number of aliphatic hydroxyl groups excluding tert-OH is 3. The minimum Gasteiger partial charge on any atom is -0.405 e. The van der Waals surface area contributed by atoms with Gasteiger partial charge in [-0.25, -0.2) is 0 Å². The zero-order valence-corrected chi connectivity index (χ0v) is 36.5. The van der Waals surface area contributed by atoms with Crippen LogP contribution in [0, 0.1) is 0 Å². The Kier molecular flexibility index (Phi) is 23.1. The monoisotopic (exact) mass is 812 g/mol. The highest BCUT2D eigenvalue weighted by Crippen LogP contribution is 2.38. The SMILES string of the molecule is CC(C)(C)[Si](Cl)(c1ccccc1)c1ccccc1.CC(C)(C)[Si](OCCOCCOCCO)(c1ccccc1)c1ccccc1.OCCOCCOCCO. The van der Waals surface area contributed by atoms with E-state index in [1.54, 1.807) is 0 Å². The van der Waals surface area contributed by atoms with Gasteiger partial charge >= 0.3 is 0 Å². The predicted octanol–water partition coefficient (Wildman–Crippen LogP) is 5.38. The molecule has 0 atom stereocenters. The van der Waals surface area contributed by atoms with Gasteiger partial charge in [-0.2, -0.15) is 11.1 Å². The molecular weight excluding hydrogens is 748 g/mol. The number of benzene rings is 4. The molecule has 0 fully saturated rings. The molecule has 304 valence electrons. The fourth-order valence-corrected chi connectivity index (χ4v) is 14.9. The lowest BCUT2D eigenvalue weighted by molar-refractivity contribution is 0.0222. The lowest BCUT2D eigenvalue weighted by Crippen LogP contribution is -2.66. The van der Waals surface area contributed by atoms with E-state index in [1.165, 1.54) is 20.7 Å². The molecule has 3 N–H and O–H groups in total. The van der Waals surface area contributed by atoms with Crippen LogP contribution in [0.3, 0.4) is 0 Å². The first-order chi connectivity index (χ1) is 26.4. The zero-order valence-electron chi connectivity index (χ0n) is 33.8. The van der Waals surface area contributed by atoms with Gasteiger partial charge in [0.1, 0.15) is 0 Å². The van der Waals surface area contributed by atoms with Crippen LogP contribution >= 0.6 is 11.1 Å². The van der Waals surface area contributed by atoms with E-state index in [0.29, 0.717) is 59.5 Å². The molecule has 4 rings (SSSR count). The smallest absolute Gasteiger partial charge is 0.261 e. The van der Waals surface area contributed by atoms with Crippen LogP contribution in [-0.2, 0) is 23.4 Å². The van der Waals surface area contributed by atoms with Gasteiger partial charge in [-0.1, -0.05) is 163 Å². The van der Waals surface area contributed by atoms with Gasteiger partial charge in [0.05, 0.1) is 79.3 Å². The molecule has 4 aromatic carbocycles. The molecule has 0 spiro atoms. The first kappa shape index (κ1) is 48.4. The van der Waals surface area contributed by atoms with Crippen LogP contribution in [0.2, 0.25) is 10.1 Å². The van der Waals surface area contributed by atoms with Crippen LogP contribution in [0.25, 0.3) is 0 Å². The van der Waals surface area contributed by atoms with E-state index in [2.05, 4.69) is 139 Å². The lowest BCUT2D eigenvalue weighted by atomic mass is 10.2. The van der Waals surface area contributed by atoms with E-state index < -0.39 is 15.7 Å². The molecule has 0 heterocycles. The largest absolute Gasteiger partial charge is 0.405 e. The number of hydrogen-bond acceptors (Lipinski definition) is 8. The van der Waals surface area contributed by atoms with Gasteiger partial charge in [0, 0.05) is 0 Å². The van der Waals surface area contributed by atoms with Gasteiger partial charge in [0.2, 0.25) is 7.38 Å². The molecule has 0 bridgehead atoms. The Morgan fingerprint density at radius 3 is 0.945 bits per heavy atom. The van der Waals surface area contributed by atoms with Crippen LogP contribution in [0.4, 0.5) is 0 Å². The van der Waals surface area contributed by atoms with Crippen LogP contribution in [-0.4, -0.2) is 110 Å². The molecule has 0 aliphatic carbocycles. The minimum absolute atomic E-state index is 0.0278. The highest BCUT2D eigenvalue weighted by Gasteiger charge is 2.50. The van der Waals surface area contributed by atoms with Crippen LogP contribution in [0.5, 0.6) is 0 Å². The average Bonchev–Trinajstić information content (AvgIpc) is 3.19. The Morgan fingerprint density at radius 1 is 0.400 bits per heavy atom. The van der Waals surface area contributed by atoms with E-state index in [4.69, 9.17) is 49.8 Å². The first-order valence-electron chi connectivity index (χ1n) is 19.1. The summed E-state index contributed by atoms with van der Waals surface area (Å²) in [5.74, 6) is 0. The minimum atomic E-state index is -2.47. The van der Waals surface area contributed by atoms with E-state index in [-0.39, 0.29) is 29.9 Å². The van der Waals surface area contributed by atoms with Gasteiger partial charge in [0.25, 0.3) is 8.32 Å². The predicted molar refractivity (Wildman–Crippen MR) is 232 cm³/mol.